The van der Waals surface area contributed by atoms with Crippen molar-refractivity contribution >= 4 is 41.1 Å². The van der Waals surface area contributed by atoms with Gasteiger partial charge in [0, 0.05) is 6.54 Å². The van der Waals surface area contributed by atoms with Gasteiger partial charge in [-0.3, -0.25) is 0 Å². The highest BCUT2D eigenvalue weighted by Gasteiger charge is 2.17. The largest absolute Gasteiger partial charge is 0.444 e. The van der Waals surface area contributed by atoms with Gasteiger partial charge in [-0.25, -0.2) is 4.79 Å². The average Bonchev–Trinajstić information content (AvgIpc) is 2.31. The summed E-state index contributed by atoms with van der Waals surface area (Å²) in [5.74, 6) is 0. The van der Waals surface area contributed by atoms with Gasteiger partial charge in [0.25, 0.3) is 0 Å². The van der Waals surface area contributed by atoms with Gasteiger partial charge in [0.15, 0.2) is 0 Å². The molecule has 108 valence electrons. The second-order valence-corrected chi connectivity index (χ2v) is 6.48. The standard InChI is InChI=1S/C13H14Cl2N2O2S/c1-13(2,3)19-12(18)17-6-8-4-5-9(14)11(10(8)15)20-7-16/h4-5H,6H2,1-3H3,(H,17,18). The van der Waals surface area contributed by atoms with Crippen LogP contribution in [0.1, 0.15) is 26.3 Å². The van der Waals surface area contributed by atoms with Gasteiger partial charge < -0.3 is 10.1 Å². The second-order valence-electron chi connectivity index (χ2n) is 4.90. The molecule has 0 atom stereocenters. The molecule has 0 radical (unpaired) electrons. The molecule has 1 amide bonds. The van der Waals surface area contributed by atoms with Gasteiger partial charge in [0.05, 0.1) is 14.9 Å². The van der Waals surface area contributed by atoms with Crippen LogP contribution in [0.15, 0.2) is 17.0 Å². The van der Waals surface area contributed by atoms with Crippen molar-refractivity contribution in [3.05, 3.63) is 27.7 Å². The van der Waals surface area contributed by atoms with Crippen molar-refractivity contribution in [2.45, 2.75) is 37.8 Å². The predicted molar refractivity (Wildman–Crippen MR) is 81.0 cm³/mol. The zero-order chi connectivity index (χ0) is 15.3. The van der Waals surface area contributed by atoms with E-state index >= 15 is 0 Å². The minimum absolute atomic E-state index is 0.198. The van der Waals surface area contributed by atoms with Crippen molar-refractivity contribution < 1.29 is 9.53 Å². The molecule has 0 spiro atoms. The molecule has 20 heavy (non-hydrogen) atoms. The van der Waals surface area contributed by atoms with Crippen molar-refractivity contribution in [2.75, 3.05) is 0 Å². The first-order valence-corrected chi connectivity index (χ1v) is 7.31. The summed E-state index contributed by atoms with van der Waals surface area (Å²) >= 11 is 13.0. The van der Waals surface area contributed by atoms with Crippen LogP contribution in [0.4, 0.5) is 4.79 Å². The van der Waals surface area contributed by atoms with Crippen molar-refractivity contribution in [3.63, 3.8) is 0 Å². The number of hydrogen-bond acceptors (Lipinski definition) is 4. The number of nitriles is 1. The van der Waals surface area contributed by atoms with Crippen molar-refractivity contribution in [1.82, 2.24) is 5.32 Å². The lowest BCUT2D eigenvalue weighted by Crippen LogP contribution is -2.32. The number of nitrogens with zero attached hydrogens (tertiary/aromatic N) is 1. The summed E-state index contributed by atoms with van der Waals surface area (Å²) in [6, 6.07) is 3.34. The topological polar surface area (TPSA) is 62.1 Å². The molecule has 0 fully saturated rings. The summed E-state index contributed by atoms with van der Waals surface area (Å²) in [5.41, 5.74) is 0.107. The normalized spacial score (nSPS) is 10.8. The van der Waals surface area contributed by atoms with E-state index in [2.05, 4.69) is 5.32 Å². The van der Waals surface area contributed by atoms with Gasteiger partial charge in [-0.05, 0) is 44.2 Å². The number of nitrogens with one attached hydrogen (secondary N) is 1. The Morgan fingerprint density at radius 2 is 2.10 bits per heavy atom. The molecule has 0 saturated carbocycles. The van der Waals surface area contributed by atoms with E-state index in [-0.39, 0.29) is 6.54 Å². The molecule has 7 heteroatoms. The molecule has 0 saturated heterocycles. The lowest BCUT2D eigenvalue weighted by atomic mass is 10.2. The Bertz CT molecular complexity index is 551. The van der Waals surface area contributed by atoms with Crippen LogP contribution in [-0.4, -0.2) is 11.7 Å². The first-order valence-electron chi connectivity index (χ1n) is 5.74. The van der Waals surface area contributed by atoms with Gasteiger partial charge in [-0.15, -0.1) is 0 Å². The molecule has 0 aliphatic rings. The lowest BCUT2D eigenvalue weighted by Gasteiger charge is -2.20. The number of alkyl carbamates (subject to hydrolysis) is 1. The number of amides is 1. The average molecular weight is 333 g/mol. The molecule has 1 aromatic rings. The zero-order valence-electron chi connectivity index (χ0n) is 11.3. The fourth-order valence-electron chi connectivity index (χ4n) is 1.33. The number of rotatable bonds is 3. The maximum Gasteiger partial charge on any atom is 0.407 e. The quantitative estimate of drug-likeness (QED) is 0.649. The third-order valence-electron chi connectivity index (χ3n) is 2.10. The molecule has 0 unspecified atom stereocenters. The van der Waals surface area contributed by atoms with Crippen LogP contribution in [0.5, 0.6) is 0 Å². The van der Waals surface area contributed by atoms with E-state index in [1.54, 1.807) is 32.9 Å². The zero-order valence-corrected chi connectivity index (χ0v) is 13.6. The number of halogens is 2. The molecular weight excluding hydrogens is 319 g/mol. The molecular formula is C13H14Cl2N2O2S. The van der Waals surface area contributed by atoms with Gasteiger partial charge in [-0.2, -0.15) is 5.26 Å². The first kappa shape index (κ1) is 17.0. The lowest BCUT2D eigenvalue weighted by molar-refractivity contribution is 0.0523. The Kier molecular flexibility index (Phi) is 6.00. The van der Waals surface area contributed by atoms with Crippen LogP contribution < -0.4 is 5.32 Å². The second kappa shape index (κ2) is 7.07. The fraction of sp³-hybridized carbons (Fsp3) is 0.385. The van der Waals surface area contributed by atoms with Crippen LogP contribution in [0.2, 0.25) is 10.0 Å². The summed E-state index contributed by atoms with van der Waals surface area (Å²) < 4.78 is 5.12. The van der Waals surface area contributed by atoms with E-state index in [9.17, 15) is 4.79 Å². The third kappa shape index (κ3) is 5.12. The molecule has 0 bridgehead atoms. The molecule has 1 aromatic carbocycles. The minimum atomic E-state index is -0.560. The van der Waals surface area contributed by atoms with Gasteiger partial charge in [0.1, 0.15) is 11.0 Å². The van der Waals surface area contributed by atoms with Crippen LogP contribution in [0, 0.1) is 10.7 Å². The summed E-state index contributed by atoms with van der Waals surface area (Å²) in [4.78, 5) is 12.0. The maximum absolute atomic E-state index is 11.6. The van der Waals surface area contributed by atoms with Crippen molar-refractivity contribution in [3.8, 4) is 5.40 Å². The van der Waals surface area contributed by atoms with Crippen LogP contribution in [-0.2, 0) is 11.3 Å². The van der Waals surface area contributed by atoms with E-state index in [0.29, 0.717) is 20.5 Å². The Morgan fingerprint density at radius 3 is 2.65 bits per heavy atom. The molecule has 0 aliphatic carbocycles. The highest BCUT2D eigenvalue weighted by molar-refractivity contribution is 8.04. The summed E-state index contributed by atoms with van der Waals surface area (Å²) in [5, 5.41) is 14.0. The van der Waals surface area contributed by atoms with E-state index in [4.69, 9.17) is 33.2 Å². The molecule has 1 rings (SSSR count). The number of thioether (sulfide) groups is 1. The highest BCUT2D eigenvalue weighted by Crippen LogP contribution is 2.35. The number of benzene rings is 1. The van der Waals surface area contributed by atoms with Gasteiger partial charge in [-0.1, -0.05) is 29.3 Å². The maximum atomic E-state index is 11.6. The first-order chi connectivity index (χ1) is 9.24. The number of thiocyanates is 1. The summed E-state index contributed by atoms with van der Waals surface area (Å²) in [7, 11) is 0. The smallest absolute Gasteiger partial charge is 0.407 e. The molecule has 4 nitrogen and oxygen atoms in total. The Hall–Kier alpha value is -1.09. The monoisotopic (exact) mass is 332 g/mol. The van der Waals surface area contributed by atoms with Gasteiger partial charge in [0.2, 0.25) is 0 Å². The van der Waals surface area contributed by atoms with Crippen LogP contribution in [0.25, 0.3) is 0 Å². The van der Waals surface area contributed by atoms with E-state index < -0.39 is 11.7 Å². The van der Waals surface area contributed by atoms with Crippen molar-refractivity contribution in [1.29, 1.82) is 5.26 Å². The van der Waals surface area contributed by atoms with Crippen LogP contribution in [0.3, 0.4) is 0 Å². The molecule has 0 aromatic heterocycles. The Morgan fingerprint density at radius 1 is 1.45 bits per heavy atom. The van der Waals surface area contributed by atoms with E-state index in [1.807, 2.05) is 5.40 Å². The molecule has 0 heterocycles. The Labute approximate surface area is 132 Å². The van der Waals surface area contributed by atoms with Gasteiger partial charge >= 0.3 is 6.09 Å². The summed E-state index contributed by atoms with van der Waals surface area (Å²) in [6.07, 6.45) is -0.530. The third-order valence-corrected chi connectivity index (χ3v) is 3.79. The van der Waals surface area contributed by atoms with Crippen molar-refractivity contribution in [2.24, 2.45) is 0 Å². The van der Waals surface area contributed by atoms with E-state index in [1.165, 1.54) is 0 Å². The Balaban J connectivity index is 2.77. The van der Waals surface area contributed by atoms with Crippen LogP contribution >= 0.6 is 35.0 Å². The number of ether oxygens (including phenoxy) is 1. The predicted octanol–water partition coefficient (Wildman–Crippen LogP) is 4.59. The number of carbonyl (C=O) groups is 1. The molecule has 0 aliphatic heterocycles. The summed E-state index contributed by atoms with van der Waals surface area (Å²) in [6.45, 7) is 5.54. The number of carbonyl (C=O) groups excluding carboxylic acids is 1. The number of hydrogen-bond donors (Lipinski definition) is 1. The SMILES string of the molecule is CC(C)(C)OC(=O)NCc1ccc(Cl)c(SC#N)c1Cl. The minimum Gasteiger partial charge on any atom is -0.444 e. The fourth-order valence-corrected chi connectivity index (χ4v) is 2.48. The highest BCUT2D eigenvalue weighted by atomic mass is 35.5. The van der Waals surface area contributed by atoms with E-state index in [0.717, 1.165) is 11.8 Å². The molecule has 1 N–H and O–H groups in total.